The lowest BCUT2D eigenvalue weighted by molar-refractivity contribution is 0.415. The third kappa shape index (κ3) is 2.59. The predicted octanol–water partition coefficient (Wildman–Crippen LogP) is 4.94. The lowest BCUT2D eigenvalue weighted by atomic mass is 10.2. The molecule has 0 aliphatic carbocycles. The molecule has 0 spiro atoms. The van der Waals surface area contributed by atoms with E-state index in [0.29, 0.717) is 5.89 Å². The maximum Gasteiger partial charge on any atom is 0.256 e. The van der Waals surface area contributed by atoms with Gasteiger partial charge in [-0.2, -0.15) is 0 Å². The Hall–Kier alpha value is -2.66. The number of ether oxygens (including phenoxy) is 1. The average Bonchev–Trinajstić information content (AvgIpc) is 3.21. The van der Waals surface area contributed by atoms with E-state index in [1.54, 1.807) is 24.6 Å². The van der Waals surface area contributed by atoms with Gasteiger partial charge in [0.25, 0.3) is 5.89 Å². The van der Waals surface area contributed by atoms with Crippen LogP contribution in [-0.2, 0) is 0 Å². The third-order valence-electron chi connectivity index (χ3n) is 3.61. The van der Waals surface area contributed by atoms with E-state index in [1.165, 1.54) is 5.56 Å². The van der Waals surface area contributed by atoms with Crippen molar-refractivity contribution in [3.63, 3.8) is 0 Å². The largest absolute Gasteiger partial charge is 0.497 e. The van der Waals surface area contributed by atoms with Crippen LogP contribution in [0.15, 0.2) is 53.1 Å². The van der Waals surface area contributed by atoms with Crippen LogP contribution in [0.25, 0.3) is 32.4 Å². The highest BCUT2D eigenvalue weighted by Gasteiger charge is 2.13. The average molecular weight is 322 g/mol. The molecule has 4 nitrogen and oxygen atoms in total. The van der Waals surface area contributed by atoms with Gasteiger partial charge in [0.15, 0.2) is 10.8 Å². The fourth-order valence-electron chi connectivity index (χ4n) is 2.39. The summed E-state index contributed by atoms with van der Waals surface area (Å²) in [5.74, 6) is 2.09. The number of oxazole rings is 1. The lowest BCUT2D eigenvalue weighted by Crippen LogP contribution is -1.81. The van der Waals surface area contributed by atoms with E-state index in [9.17, 15) is 0 Å². The summed E-state index contributed by atoms with van der Waals surface area (Å²) >= 11 is 1.59. The number of hydrogen-bond donors (Lipinski definition) is 0. The number of nitrogens with zero attached hydrogens (tertiary/aromatic N) is 2. The number of methoxy groups -OCH3 is 1. The molecule has 0 amide bonds. The monoisotopic (exact) mass is 322 g/mol. The number of rotatable bonds is 3. The molecule has 0 aliphatic heterocycles. The maximum absolute atomic E-state index is 5.89. The minimum absolute atomic E-state index is 0.551. The minimum Gasteiger partial charge on any atom is -0.497 e. The second-order valence-electron chi connectivity index (χ2n) is 5.25. The highest BCUT2D eigenvalue weighted by molar-refractivity contribution is 7.21. The molecule has 23 heavy (non-hydrogen) atoms. The van der Waals surface area contributed by atoms with Gasteiger partial charge in [0.1, 0.15) is 5.75 Å². The smallest absolute Gasteiger partial charge is 0.256 e. The van der Waals surface area contributed by atoms with Crippen molar-refractivity contribution >= 4 is 21.6 Å². The molecule has 0 fully saturated rings. The molecule has 0 atom stereocenters. The third-order valence-corrected chi connectivity index (χ3v) is 4.61. The summed E-state index contributed by atoms with van der Waals surface area (Å²) < 4.78 is 12.2. The first kappa shape index (κ1) is 14.0. The lowest BCUT2D eigenvalue weighted by Gasteiger charge is -1.99. The van der Waals surface area contributed by atoms with Crippen molar-refractivity contribution in [2.24, 2.45) is 0 Å². The van der Waals surface area contributed by atoms with Crippen LogP contribution in [-0.4, -0.2) is 17.1 Å². The maximum atomic E-state index is 5.89. The molecule has 4 rings (SSSR count). The van der Waals surface area contributed by atoms with Crippen molar-refractivity contribution in [1.29, 1.82) is 0 Å². The molecular weight excluding hydrogens is 308 g/mol. The summed E-state index contributed by atoms with van der Waals surface area (Å²) in [6, 6.07) is 13.9. The zero-order valence-corrected chi connectivity index (χ0v) is 13.6. The van der Waals surface area contributed by atoms with E-state index in [-0.39, 0.29) is 0 Å². The predicted molar refractivity (Wildman–Crippen MR) is 91.8 cm³/mol. The molecule has 2 aromatic carbocycles. The molecule has 114 valence electrons. The Morgan fingerprint density at radius 2 is 1.91 bits per heavy atom. The summed E-state index contributed by atoms with van der Waals surface area (Å²) in [5.41, 5.74) is 3.15. The van der Waals surface area contributed by atoms with E-state index < -0.39 is 0 Å². The molecule has 0 radical (unpaired) electrons. The van der Waals surface area contributed by atoms with Crippen LogP contribution in [0.2, 0.25) is 0 Å². The highest BCUT2D eigenvalue weighted by Crippen LogP contribution is 2.32. The highest BCUT2D eigenvalue weighted by atomic mass is 32.1. The van der Waals surface area contributed by atoms with E-state index >= 15 is 0 Å². The van der Waals surface area contributed by atoms with Crippen molar-refractivity contribution in [2.45, 2.75) is 6.92 Å². The summed E-state index contributed by atoms with van der Waals surface area (Å²) in [6.45, 7) is 2.08. The van der Waals surface area contributed by atoms with Gasteiger partial charge in [-0.05, 0) is 48.9 Å². The first-order chi connectivity index (χ1) is 11.2. The molecule has 0 N–H and O–H groups in total. The number of benzene rings is 2. The van der Waals surface area contributed by atoms with Gasteiger partial charge in [0.2, 0.25) is 0 Å². The van der Waals surface area contributed by atoms with Gasteiger partial charge in [0, 0.05) is 5.56 Å². The summed E-state index contributed by atoms with van der Waals surface area (Å²) in [6.07, 6.45) is 1.73. The van der Waals surface area contributed by atoms with Crippen molar-refractivity contribution in [2.75, 3.05) is 7.11 Å². The van der Waals surface area contributed by atoms with Crippen LogP contribution < -0.4 is 4.74 Å². The zero-order chi connectivity index (χ0) is 15.8. The van der Waals surface area contributed by atoms with Crippen molar-refractivity contribution < 1.29 is 9.15 Å². The molecule has 0 aliphatic rings. The molecule has 2 heterocycles. The summed E-state index contributed by atoms with van der Waals surface area (Å²) in [7, 11) is 1.65. The Morgan fingerprint density at radius 1 is 1.09 bits per heavy atom. The summed E-state index contributed by atoms with van der Waals surface area (Å²) in [5, 5.41) is 0.797. The zero-order valence-electron chi connectivity index (χ0n) is 12.7. The molecule has 0 saturated heterocycles. The second-order valence-corrected chi connectivity index (χ2v) is 6.28. The van der Waals surface area contributed by atoms with Crippen LogP contribution in [0.5, 0.6) is 5.75 Å². The summed E-state index contributed by atoms with van der Waals surface area (Å²) in [4.78, 5) is 8.97. The van der Waals surface area contributed by atoms with Gasteiger partial charge in [-0.15, -0.1) is 11.3 Å². The molecule has 0 unspecified atom stereocenters. The Balaban J connectivity index is 1.70. The van der Waals surface area contributed by atoms with Crippen molar-refractivity contribution in [1.82, 2.24) is 9.97 Å². The minimum atomic E-state index is 0.551. The topological polar surface area (TPSA) is 48.2 Å². The number of aromatic nitrogens is 2. The molecule has 5 heteroatoms. The number of thiazole rings is 1. The van der Waals surface area contributed by atoms with Gasteiger partial charge < -0.3 is 9.15 Å². The van der Waals surface area contributed by atoms with Gasteiger partial charge in [-0.25, -0.2) is 9.97 Å². The second kappa shape index (κ2) is 5.52. The van der Waals surface area contributed by atoms with E-state index in [0.717, 1.165) is 32.3 Å². The Bertz CT molecular complexity index is 970. The van der Waals surface area contributed by atoms with E-state index in [1.807, 2.05) is 30.3 Å². The Kier molecular flexibility index (Phi) is 3.35. The van der Waals surface area contributed by atoms with Crippen LogP contribution in [0.4, 0.5) is 0 Å². The van der Waals surface area contributed by atoms with Crippen molar-refractivity contribution in [3.05, 3.63) is 54.2 Å². The first-order valence-corrected chi connectivity index (χ1v) is 8.02. The number of hydrogen-bond acceptors (Lipinski definition) is 5. The van der Waals surface area contributed by atoms with Gasteiger partial charge in [0.05, 0.1) is 23.5 Å². The van der Waals surface area contributed by atoms with Crippen LogP contribution >= 0.6 is 11.3 Å². The number of fused-ring (bicyclic) bond motifs is 1. The first-order valence-electron chi connectivity index (χ1n) is 7.21. The number of aryl methyl sites for hydroxylation is 1. The SMILES string of the molecule is COc1ccc(-c2cnc(-c3nc4ccc(C)cc4s3)o2)cc1. The van der Waals surface area contributed by atoms with Crippen LogP contribution in [0, 0.1) is 6.92 Å². The van der Waals surface area contributed by atoms with Crippen LogP contribution in [0.3, 0.4) is 0 Å². The van der Waals surface area contributed by atoms with E-state index in [2.05, 4.69) is 29.0 Å². The van der Waals surface area contributed by atoms with Gasteiger partial charge >= 0.3 is 0 Å². The normalized spacial score (nSPS) is 11.0. The quantitative estimate of drug-likeness (QED) is 0.536. The Morgan fingerprint density at radius 3 is 2.70 bits per heavy atom. The van der Waals surface area contributed by atoms with E-state index in [4.69, 9.17) is 9.15 Å². The van der Waals surface area contributed by atoms with Crippen LogP contribution in [0.1, 0.15) is 5.56 Å². The molecular formula is C18H14N2O2S. The molecule has 0 bridgehead atoms. The molecule has 2 aromatic heterocycles. The fourth-order valence-corrected chi connectivity index (χ4v) is 3.38. The van der Waals surface area contributed by atoms with Gasteiger partial charge in [-0.1, -0.05) is 6.07 Å². The molecule has 0 saturated carbocycles. The van der Waals surface area contributed by atoms with Crippen molar-refractivity contribution in [3.8, 4) is 28.0 Å². The standard InChI is InChI=1S/C18H14N2O2S/c1-11-3-8-14-16(9-11)23-18(20-14)17-19-10-15(22-17)12-4-6-13(21-2)7-5-12/h3-10H,1-2H3. The van der Waals surface area contributed by atoms with Gasteiger partial charge in [-0.3, -0.25) is 0 Å². The Labute approximate surface area is 137 Å². The molecule has 4 aromatic rings. The fraction of sp³-hybridized carbons (Fsp3) is 0.111.